The van der Waals surface area contributed by atoms with Crippen LogP contribution in [0.1, 0.15) is 46.5 Å². The van der Waals surface area contributed by atoms with E-state index >= 15 is 0 Å². The number of hydrogen-bond acceptors (Lipinski definition) is 4. The first-order valence-corrected chi connectivity index (χ1v) is 7.44. The molecule has 1 aliphatic heterocycles. The van der Waals surface area contributed by atoms with Gasteiger partial charge in [-0.2, -0.15) is 0 Å². The average Bonchev–Trinajstić information content (AvgIpc) is 2.59. The molecule has 0 unspecified atom stereocenters. The van der Waals surface area contributed by atoms with E-state index in [1.807, 2.05) is 6.92 Å². The summed E-state index contributed by atoms with van der Waals surface area (Å²) in [6.07, 6.45) is 2.40. The van der Waals surface area contributed by atoms with Gasteiger partial charge in [0.25, 0.3) is 0 Å². The third kappa shape index (κ3) is 1.56. The second kappa shape index (κ2) is 3.95. The van der Waals surface area contributed by atoms with Crippen molar-refractivity contribution in [1.82, 2.24) is 0 Å². The second-order valence-electron chi connectivity index (χ2n) is 7.13. The monoisotopic (exact) mass is 268 g/mol. The van der Waals surface area contributed by atoms with E-state index in [-0.39, 0.29) is 23.7 Å². The number of rotatable bonds is 0. The van der Waals surface area contributed by atoms with E-state index in [9.17, 15) is 15.0 Å². The highest BCUT2D eigenvalue weighted by atomic mass is 16.6. The van der Waals surface area contributed by atoms with Gasteiger partial charge in [0.2, 0.25) is 0 Å². The lowest BCUT2D eigenvalue weighted by atomic mass is 9.53. The molecule has 4 heteroatoms. The highest BCUT2D eigenvalue weighted by Crippen LogP contribution is 2.59. The summed E-state index contributed by atoms with van der Waals surface area (Å²) in [6.45, 7) is 5.73. The molecule has 3 aliphatic rings. The van der Waals surface area contributed by atoms with Gasteiger partial charge < -0.3 is 14.9 Å². The minimum absolute atomic E-state index is 0.0444. The lowest BCUT2D eigenvalue weighted by Gasteiger charge is -2.56. The molecule has 3 rings (SSSR count). The van der Waals surface area contributed by atoms with Gasteiger partial charge in [0.1, 0.15) is 11.7 Å². The minimum atomic E-state index is -1.16. The van der Waals surface area contributed by atoms with Crippen molar-refractivity contribution in [3.63, 3.8) is 0 Å². The Balaban J connectivity index is 2.08. The summed E-state index contributed by atoms with van der Waals surface area (Å²) < 4.78 is 5.74. The Morgan fingerprint density at radius 1 is 1.21 bits per heavy atom. The van der Waals surface area contributed by atoms with Crippen molar-refractivity contribution in [1.29, 1.82) is 0 Å². The van der Waals surface area contributed by atoms with Gasteiger partial charge in [-0.1, -0.05) is 13.8 Å². The van der Waals surface area contributed by atoms with Gasteiger partial charge in [0, 0.05) is 11.8 Å². The lowest BCUT2D eigenvalue weighted by molar-refractivity contribution is -0.248. The predicted molar refractivity (Wildman–Crippen MR) is 69.2 cm³/mol. The molecule has 0 amide bonds. The molecule has 3 fully saturated rings. The Hall–Kier alpha value is -0.610. The van der Waals surface area contributed by atoms with Gasteiger partial charge in [0.05, 0.1) is 11.5 Å². The van der Waals surface area contributed by atoms with Crippen LogP contribution in [-0.2, 0) is 9.53 Å². The normalized spacial score (nSPS) is 57.3. The van der Waals surface area contributed by atoms with Crippen LogP contribution in [-0.4, -0.2) is 33.5 Å². The van der Waals surface area contributed by atoms with E-state index in [2.05, 4.69) is 6.92 Å². The Labute approximate surface area is 114 Å². The summed E-state index contributed by atoms with van der Waals surface area (Å²) in [4.78, 5) is 12.0. The summed E-state index contributed by atoms with van der Waals surface area (Å²) in [5.41, 5.74) is -2.01. The summed E-state index contributed by atoms with van der Waals surface area (Å²) in [5, 5.41) is 21.2. The summed E-state index contributed by atoms with van der Waals surface area (Å²) >= 11 is 0. The summed E-state index contributed by atoms with van der Waals surface area (Å²) in [6, 6.07) is 0. The number of aliphatic hydroxyl groups excluding tert-OH is 1. The lowest BCUT2D eigenvalue weighted by Crippen LogP contribution is -2.67. The maximum Gasteiger partial charge on any atom is 0.309 e. The molecule has 1 heterocycles. The molecule has 7 atom stereocenters. The Kier molecular flexibility index (Phi) is 2.78. The number of aliphatic hydroxyl groups is 2. The topological polar surface area (TPSA) is 66.8 Å². The summed E-state index contributed by atoms with van der Waals surface area (Å²) in [5.74, 6) is 0.276. The average molecular weight is 268 g/mol. The number of ether oxygens (including phenoxy) is 1. The third-order valence-electron chi connectivity index (χ3n) is 6.01. The molecule has 2 aliphatic carbocycles. The highest BCUT2D eigenvalue weighted by molar-refractivity contribution is 5.76. The predicted octanol–water partition coefficient (Wildman–Crippen LogP) is 1.49. The second-order valence-corrected chi connectivity index (χ2v) is 7.13. The van der Waals surface area contributed by atoms with E-state index in [0.717, 1.165) is 19.3 Å². The van der Waals surface area contributed by atoms with Crippen LogP contribution < -0.4 is 0 Å². The molecule has 4 nitrogen and oxygen atoms in total. The molecular weight excluding hydrogens is 244 g/mol. The van der Waals surface area contributed by atoms with Crippen LogP contribution in [0.5, 0.6) is 0 Å². The van der Waals surface area contributed by atoms with Crippen LogP contribution in [0.25, 0.3) is 0 Å². The van der Waals surface area contributed by atoms with Gasteiger partial charge in [-0.3, -0.25) is 4.79 Å². The van der Waals surface area contributed by atoms with E-state index < -0.39 is 17.3 Å². The van der Waals surface area contributed by atoms with Crippen molar-refractivity contribution in [2.45, 2.75) is 63.8 Å². The maximum absolute atomic E-state index is 12.0. The molecule has 1 spiro atoms. The van der Waals surface area contributed by atoms with Gasteiger partial charge >= 0.3 is 5.97 Å². The van der Waals surface area contributed by atoms with E-state index in [1.54, 1.807) is 6.92 Å². The zero-order valence-electron chi connectivity index (χ0n) is 11.9. The van der Waals surface area contributed by atoms with Gasteiger partial charge in [-0.25, -0.2) is 0 Å². The van der Waals surface area contributed by atoms with E-state index in [4.69, 9.17) is 4.74 Å². The van der Waals surface area contributed by atoms with Gasteiger partial charge in [-0.15, -0.1) is 0 Å². The molecule has 2 saturated carbocycles. The van der Waals surface area contributed by atoms with Crippen molar-refractivity contribution in [2.24, 2.45) is 23.7 Å². The minimum Gasteiger partial charge on any atom is -0.455 e. The highest BCUT2D eigenvalue weighted by Gasteiger charge is 2.68. The van der Waals surface area contributed by atoms with Crippen LogP contribution in [0.4, 0.5) is 0 Å². The first kappa shape index (κ1) is 13.4. The smallest absolute Gasteiger partial charge is 0.309 e. The zero-order chi connectivity index (χ0) is 14.0. The first-order chi connectivity index (χ1) is 8.80. The molecule has 0 aromatic heterocycles. The third-order valence-corrected chi connectivity index (χ3v) is 6.01. The molecule has 1 saturated heterocycles. The standard InChI is InChI=1S/C15H24O4/c1-8-4-5-11-9(2)12(16)19-15(11)10(8)6-7-14(3,18)13(15)17/h8-11,13,17-18H,4-7H2,1-3H3/t8-,9-,10+,11+,13-,14+,15+/m1/s1. The van der Waals surface area contributed by atoms with Crippen LogP contribution >= 0.6 is 0 Å². The van der Waals surface area contributed by atoms with E-state index in [0.29, 0.717) is 12.3 Å². The van der Waals surface area contributed by atoms with Gasteiger partial charge in [0.15, 0.2) is 0 Å². The Morgan fingerprint density at radius 3 is 2.58 bits per heavy atom. The first-order valence-electron chi connectivity index (χ1n) is 7.44. The van der Waals surface area contributed by atoms with Crippen molar-refractivity contribution in [3.8, 4) is 0 Å². The SMILES string of the molecule is C[C@@H]1CC[C@H]2[C@@H](C)C(=O)O[C@@]23[C@H]1CC[C@](C)(O)[C@H]3O. The van der Waals surface area contributed by atoms with Crippen LogP contribution in [0.3, 0.4) is 0 Å². The fourth-order valence-corrected chi connectivity index (χ4v) is 4.85. The van der Waals surface area contributed by atoms with Crippen molar-refractivity contribution in [3.05, 3.63) is 0 Å². The zero-order valence-corrected chi connectivity index (χ0v) is 11.9. The maximum atomic E-state index is 12.0. The molecule has 108 valence electrons. The number of carbonyl (C=O) groups excluding carboxylic acids is 1. The molecule has 0 aromatic rings. The van der Waals surface area contributed by atoms with Crippen molar-refractivity contribution >= 4 is 5.97 Å². The number of esters is 1. The fourth-order valence-electron chi connectivity index (χ4n) is 4.85. The van der Waals surface area contributed by atoms with Gasteiger partial charge in [-0.05, 0) is 38.5 Å². The van der Waals surface area contributed by atoms with Crippen LogP contribution in [0.15, 0.2) is 0 Å². The fraction of sp³-hybridized carbons (Fsp3) is 0.933. The van der Waals surface area contributed by atoms with Crippen molar-refractivity contribution in [2.75, 3.05) is 0 Å². The summed E-state index contributed by atoms with van der Waals surface area (Å²) in [7, 11) is 0. The molecule has 0 aromatic carbocycles. The number of hydrogen-bond donors (Lipinski definition) is 2. The molecule has 19 heavy (non-hydrogen) atoms. The quantitative estimate of drug-likeness (QED) is 0.653. The van der Waals surface area contributed by atoms with Crippen LogP contribution in [0, 0.1) is 23.7 Å². The molecular formula is C15H24O4. The van der Waals surface area contributed by atoms with E-state index in [1.165, 1.54) is 0 Å². The Morgan fingerprint density at radius 2 is 1.89 bits per heavy atom. The largest absolute Gasteiger partial charge is 0.455 e. The Bertz CT molecular complexity index is 401. The van der Waals surface area contributed by atoms with Crippen molar-refractivity contribution < 1.29 is 19.7 Å². The molecule has 0 bridgehead atoms. The molecule has 2 N–H and O–H groups in total. The molecule has 0 radical (unpaired) electrons. The van der Waals surface area contributed by atoms with Crippen LogP contribution in [0.2, 0.25) is 0 Å². The number of carbonyl (C=O) groups is 1.